The molecule has 0 heterocycles. The first-order chi connectivity index (χ1) is 7.33. The topological polar surface area (TPSA) is 15.3 Å². The van der Waals surface area contributed by atoms with Gasteiger partial charge < -0.3 is 10.2 Å². The molecule has 1 aliphatic carbocycles. The third-order valence-corrected chi connectivity index (χ3v) is 3.15. The molecule has 0 unspecified atom stereocenters. The van der Waals surface area contributed by atoms with Gasteiger partial charge in [0.15, 0.2) is 0 Å². The highest BCUT2D eigenvalue weighted by Gasteiger charge is 2.19. The van der Waals surface area contributed by atoms with Crippen LogP contribution in [0.2, 0.25) is 0 Å². The lowest BCUT2D eigenvalue weighted by Crippen LogP contribution is -2.30. The van der Waals surface area contributed by atoms with Crippen LogP contribution in [0.4, 0.5) is 0 Å². The van der Waals surface area contributed by atoms with Gasteiger partial charge in [0, 0.05) is 19.1 Å². The molecule has 15 heavy (non-hydrogen) atoms. The quantitative estimate of drug-likeness (QED) is 0.560. The lowest BCUT2D eigenvalue weighted by atomic mass is 10.1. The van der Waals surface area contributed by atoms with E-state index in [9.17, 15) is 0 Å². The van der Waals surface area contributed by atoms with Crippen molar-refractivity contribution in [2.75, 3.05) is 26.7 Å². The van der Waals surface area contributed by atoms with Gasteiger partial charge in [-0.2, -0.15) is 0 Å². The van der Waals surface area contributed by atoms with Gasteiger partial charge >= 0.3 is 0 Å². The number of hydrogen-bond acceptors (Lipinski definition) is 2. The van der Waals surface area contributed by atoms with Crippen LogP contribution in [0.15, 0.2) is 0 Å². The Bertz CT molecular complexity index is 143. The average molecular weight is 212 g/mol. The summed E-state index contributed by atoms with van der Waals surface area (Å²) in [6.45, 7) is 5.94. The van der Waals surface area contributed by atoms with Gasteiger partial charge in [-0.15, -0.1) is 0 Å². The van der Waals surface area contributed by atoms with Crippen molar-refractivity contribution in [1.82, 2.24) is 10.2 Å². The van der Waals surface area contributed by atoms with E-state index in [4.69, 9.17) is 0 Å². The largest absolute Gasteiger partial charge is 0.313 e. The lowest BCUT2D eigenvalue weighted by molar-refractivity contribution is 0.321. The fourth-order valence-electron chi connectivity index (χ4n) is 1.84. The van der Waals surface area contributed by atoms with E-state index in [2.05, 4.69) is 24.2 Å². The molecule has 0 aromatic heterocycles. The van der Waals surface area contributed by atoms with Crippen LogP contribution in [0.5, 0.6) is 0 Å². The van der Waals surface area contributed by atoms with Crippen molar-refractivity contribution in [2.45, 2.75) is 57.9 Å². The van der Waals surface area contributed by atoms with Crippen LogP contribution in [0.3, 0.4) is 0 Å². The van der Waals surface area contributed by atoms with Gasteiger partial charge in [0.1, 0.15) is 0 Å². The van der Waals surface area contributed by atoms with Gasteiger partial charge in [0.25, 0.3) is 0 Å². The normalized spacial score (nSPS) is 16.2. The molecule has 1 aliphatic rings. The lowest BCUT2D eigenvalue weighted by Gasteiger charge is -2.16. The molecule has 1 N–H and O–H groups in total. The van der Waals surface area contributed by atoms with Crippen molar-refractivity contribution in [3.8, 4) is 0 Å². The minimum Gasteiger partial charge on any atom is -0.313 e. The summed E-state index contributed by atoms with van der Waals surface area (Å²) in [6.07, 6.45) is 9.77. The van der Waals surface area contributed by atoms with E-state index >= 15 is 0 Å². The molecule has 2 nitrogen and oxygen atoms in total. The molecule has 0 amide bonds. The van der Waals surface area contributed by atoms with Crippen molar-refractivity contribution in [3.05, 3.63) is 0 Å². The first-order valence-corrected chi connectivity index (χ1v) is 6.75. The number of nitrogens with zero attached hydrogens (tertiary/aromatic N) is 1. The first-order valence-electron chi connectivity index (χ1n) is 6.75. The number of rotatable bonds is 10. The molecule has 0 aromatic carbocycles. The third kappa shape index (κ3) is 7.80. The highest BCUT2D eigenvalue weighted by molar-refractivity contribution is 4.80. The summed E-state index contributed by atoms with van der Waals surface area (Å²) in [5.41, 5.74) is 0. The van der Waals surface area contributed by atoms with Crippen LogP contribution in [0, 0.1) is 0 Å². The Hall–Kier alpha value is -0.0800. The standard InChI is InChI=1S/C13H28N2/c1-3-4-5-6-7-11-15(2)12-10-14-13-8-9-13/h13-14H,3-12H2,1-2H3. The summed E-state index contributed by atoms with van der Waals surface area (Å²) >= 11 is 0. The maximum Gasteiger partial charge on any atom is 0.0104 e. The maximum atomic E-state index is 3.56. The summed E-state index contributed by atoms with van der Waals surface area (Å²) in [4.78, 5) is 2.46. The Kier molecular flexibility index (Phi) is 7.03. The SMILES string of the molecule is CCCCCCCN(C)CCNC1CC1. The Morgan fingerprint density at radius 2 is 1.80 bits per heavy atom. The predicted octanol–water partition coefficient (Wildman–Crippen LogP) is 2.64. The molecule has 90 valence electrons. The molecular formula is C13H28N2. The van der Waals surface area contributed by atoms with Crippen LogP contribution in [0.25, 0.3) is 0 Å². The molecule has 2 heteroatoms. The Morgan fingerprint density at radius 3 is 2.47 bits per heavy atom. The number of hydrogen-bond donors (Lipinski definition) is 1. The van der Waals surface area contributed by atoms with Gasteiger partial charge in [-0.1, -0.05) is 32.6 Å². The zero-order valence-electron chi connectivity index (χ0n) is 10.6. The minimum absolute atomic E-state index is 0.864. The van der Waals surface area contributed by atoms with Gasteiger partial charge in [-0.25, -0.2) is 0 Å². The number of nitrogens with one attached hydrogen (secondary N) is 1. The van der Waals surface area contributed by atoms with Gasteiger partial charge in [0.2, 0.25) is 0 Å². The second-order valence-corrected chi connectivity index (χ2v) is 4.95. The van der Waals surface area contributed by atoms with E-state index < -0.39 is 0 Å². The van der Waals surface area contributed by atoms with Gasteiger partial charge in [-0.05, 0) is 32.9 Å². The van der Waals surface area contributed by atoms with E-state index in [1.54, 1.807) is 0 Å². The van der Waals surface area contributed by atoms with E-state index in [0.29, 0.717) is 0 Å². The monoisotopic (exact) mass is 212 g/mol. The Labute approximate surface area is 95.4 Å². The van der Waals surface area contributed by atoms with E-state index in [-0.39, 0.29) is 0 Å². The molecule has 0 saturated heterocycles. The maximum absolute atomic E-state index is 3.56. The highest BCUT2D eigenvalue weighted by atomic mass is 15.1. The smallest absolute Gasteiger partial charge is 0.0104 e. The van der Waals surface area contributed by atoms with E-state index in [1.807, 2.05) is 0 Å². The molecule has 1 saturated carbocycles. The second-order valence-electron chi connectivity index (χ2n) is 4.95. The highest BCUT2D eigenvalue weighted by Crippen LogP contribution is 2.17. The van der Waals surface area contributed by atoms with Gasteiger partial charge in [-0.3, -0.25) is 0 Å². The zero-order chi connectivity index (χ0) is 10.9. The van der Waals surface area contributed by atoms with Crippen LogP contribution in [0.1, 0.15) is 51.9 Å². The van der Waals surface area contributed by atoms with E-state index in [0.717, 1.165) is 6.04 Å². The molecule has 1 rings (SSSR count). The fourth-order valence-corrected chi connectivity index (χ4v) is 1.84. The second kappa shape index (κ2) is 8.12. The van der Waals surface area contributed by atoms with Crippen LogP contribution < -0.4 is 5.32 Å². The van der Waals surface area contributed by atoms with Crippen LogP contribution >= 0.6 is 0 Å². The summed E-state index contributed by atoms with van der Waals surface area (Å²) in [5, 5.41) is 3.56. The minimum atomic E-state index is 0.864. The Morgan fingerprint density at radius 1 is 1.07 bits per heavy atom. The molecule has 0 bridgehead atoms. The van der Waals surface area contributed by atoms with Crippen LogP contribution in [-0.4, -0.2) is 37.6 Å². The zero-order valence-corrected chi connectivity index (χ0v) is 10.6. The summed E-state index contributed by atoms with van der Waals surface area (Å²) < 4.78 is 0. The van der Waals surface area contributed by atoms with Crippen molar-refractivity contribution in [3.63, 3.8) is 0 Å². The molecular weight excluding hydrogens is 184 g/mol. The van der Waals surface area contributed by atoms with Crippen LogP contribution in [-0.2, 0) is 0 Å². The van der Waals surface area contributed by atoms with Crippen molar-refractivity contribution in [2.24, 2.45) is 0 Å². The molecule has 0 aliphatic heterocycles. The Balaban J connectivity index is 1.77. The average Bonchev–Trinajstić information content (AvgIpc) is 3.01. The fraction of sp³-hybridized carbons (Fsp3) is 1.00. The van der Waals surface area contributed by atoms with Crippen molar-refractivity contribution in [1.29, 1.82) is 0 Å². The summed E-state index contributed by atoms with van der Waals surface area (Å²) in [5.74, 6) is 0. The van der Waals surface area contributed by atoms with E-state index in [1.165, 1.54) is 64.6 Å². The predicted molar refractivity (Wildman–Crippen MR) is 67.3 cm³/mol. The van der Waals surface area contributed by atoms with Gasteiger partial charge in [0.05, 0.1) is 0 Å². The van der Waals surface area contributed by atoms with Crippen molar-refractivity contribution >= 4 is 0 Å². The molecule has 0 radical (unpaired) electrons. The molecule has 0 atom stereocenters. The number of unbranched alkanes of at least 4 members (excludes halogenated alkanes) is 4. The summed E-state index contributed by atoms with van der Waals surface area (Å²) in [7, 11) is 2.24. The number of likely N-dealkylation sites (N-methyl/N-ethyl adjacent to an activating group) is 1. The van der Waals surface area contributed by atoms with Crippen molar-refractivity contribution < 1.29 is 0 Å². The molecule has 0 spiro atoms. The molecule has 0 aromatic rings. The molecule has 1 fully saturated rings. The third-order valence-electron chi connectivity index (χ3n) is 3.15. The first kappa shape index (κ1) is 13.0. The summed E-state index contributed by atoms with van der Waals surface area (Å²) in [6, 6.07) is 0.864.